The van der Waals surface area contributed by atoms with Gasteiger partial charge in [0.2, 0.25) is 5.91 Å². The molecule has 0 heterocycles. The molecule has 0 radical (unpaired) electrons. The molecule has 0 spiro atoms. The molecule has 3 N–H and O–H groups in total. The number of hydrogen-bond acceptors (Lipinski definition) is 4. The van der Waals surface area contributed by atoms with Crippen LogP contribution in [0, 0.1) is 0 Å². The Kier molecular flexibility index (Phi) is 7.60. The molecule has 0 saturated carbocycles. The Hall–Kier alpha value is -2.61. The fourth-order valence-corrected chi connectivity index (χ4v) is 2.91. The van der Waals surface area contributed by atoms with Crippen LogP contribution in [0.1, 0.15) is 24.2 Å². The molecule has 8 heteroatoms. The predicted molar refractivity (Wildman–Crippen MR) is 104 cm³/mol. The molecule has 27 heavy (non-hydrogen) atoms. The summed E-state index contributed by atoms with van der Waals surface area (Å²) in [6, 6.07) is 13.2. The Morgan fingerprint density at radius 2 is 1.63 bits per heavy atom. The average Bonchev–Trinajstić information content (AvgIpc) is 2.61. The molecule has 0 atom stereocenters. The smallest absolute Gasteiger partial charge is 0.288 e. The lowest BCUT2D eigenvalue weighted by Gasteiger charge is -2.14. The van der Waals surface area contributed by atoms with Crippen LogP contribution in [-0.4, -0.2) is 30.2 Å². The average molecular weight is 393 g/mol. The molecule has 2 aromatic rings. The standard InChI is InChI=1S/C19H21F2N3O2S/c1-12(2)23-18(26)13-7-3-4-8-14(13)22-11-17(25)24-15-9-5-6-10-16(15)27-19(20)21/h3-10,12,19,22H,11H2,1-2H3,(H,23,26)(H,24,25). The van der Waals surface area contributed by atoms with Crippen LogP contribution in [0.5, 0.6) is 0 Å². The molecule has 0 saturated heterocycles. The first-order valence-electron chi connectivity index (χ1n) is 8.34. The number of carbonyl (C=O) groups is 2. The largest absolute Gasteiger partial charge is 0.376 e. The molecular weight excluding hydrogens is 372 g/mol. The lowest BCUT2D eigenvalue weighted by molar-refractivity contribution is -0.114. The molecule has 144 valence electrons. The third-order valence-corrected chi connectivity index (χ3v) is 4.20. The maximum absolute atomic E-state index is 12.6. The first-order chi connectivity index (χ1) is 12.9. The first-order valence-corrected chi connectivity index (χ1v) is 9.22. The summed E-state index contributed by atoms with van der Waals surface area (Å²) in [7, 11) is 0. The Balaban J connectivity index is 2.02. The maximum Gasteiger partial charge on any atom is 0.288 e. The van der Waals surface area contributed by atoms with Gasteiger partial charge in [0, 0.05) is 16.6 Å². The van der Waals surface area contributed by atoms with E-state index >= 15 is 0 Å². The molecule has 0 aliphatic carbocycles. The summed E-state index contributed by atoms with van der Waals surface area (Å²) >= 11 is 0.372. The van der Waals surface area contributed by atoms with Crippen LogP contribution in [0.15, 0.2) is 53.4 Å². The second kappa shape index (κ2) is 9.91. The number of anilines is 2. The zero-order chi connectivity index (χ0) is 19.8. The Morgan fingerprint density at radius 3 is 2.30 bits per heavy atom. The van der Waals surface area contributed by atoms with E-state index in [0.29, 0.717) is 28.7 Å². The number of rotatable bonds is 8. The summed E-state index contributed by atoms with van der Waals surface area (Å²) in [5.74, 6) is -3.23. The van der Waals surface area contributed by atoms with Crippen molar-refractivity contribution in [3.63, 3.8) is 0 Å². The monoisotopic (exact) mass is 393 g/mol. The number of alkyl halides is 2. The molecule has 0 unspecified atom stereocenters. The van der Waals surface area contributed by atoms with Crippen LogP contribution in [0.4, 0.5) is 20.2 Å². The molecule has 2 aromatic carbocycles. The quantitative estimate of drug-likeness (QED) is 0.588. The number of para-hydroxylation sites is 2. The zero-order valence-electron chi connectivity index (χ0n) is 15.0. The van der Waals surface area contributed by atoms with Gasteiger partial charge in [-0.15, -0.1) is 0 Å². The summed E-state index contributed by atoms with van der Waals surface area (Å²) in [4.78, 5) is 24.7. The number of carbonyl (C=O) groups excluding carboxylic acids is 2. The molecule has 5 nitrogen and oxygen atoms in total. The number of nitrogens with one attached hydrogen (secondary N) is 3. The van der Waals surface area contributed by atoms with Crippen molar-refractivity contribution < 1.29 is 18.4 Å². The van der Waals surface area contributed by atoms with Gasteiger partial charge in [-0.3, -0.25) is 9.59 Å². The molecule has 0 aliphatic heterocycles. The molecule has 0 bridgehead atoms. The molecular formula is C19H21F2N3O2S. The molecule has 2 rings (SSSR count). The van der Waals surface area contributed by atoms with Gasteiger partial charge < -0.3 is 16.0 Å². The van der Waals surface area contributed by atoms with Crippen molar-refractivity contribution in [1.29, 1.82) is 0 Å². The summed E-state index contributed by atoms with van der Waals surface area (Å²) in [5.41, 5.74) is 1.26. The number of halogens is 2. The van der Waals surface area contributed by atoms with E-state index in [9.17, 15) is 18.4 Å². The second-order valence-corrected chi connectivity index (χ2v) is 6.98. The molecule has 0 aliphatic rings. The highest BCUT2D eigenvalue weighted by atomic mass is 32.2. The highest BCUT2D eigenvalue weighted by molar-refractivity contribution is 7.99. The van der Waals surface area contributed by atoms with Crippen LogP contribution in [0.3, 0.4) is 0 Å². The van der Waals surface area contributed by atoms with Gasteiger partial charge in [-0.05, 0) is 38.1 Å². The zero-order valence-corrected chi connectivity index (χ0v) is 15.8. The van der Waals surface area contributed by atoms with Crippen LogP contribution < -0.4 is 16.0 Å². The summed E-state index contributed by atoms with van der Waals surface area (Å²) in [6.45, 7) is 3.60. The molecule has 0 aromatic heterocycles. The van der Waals surface area contributed by atoms with Crippen LogP contribution >= 0.6 is 11.8 Å². The van der Waals surface area contributed by atoms with Crippen molar-refractivity contribution in [1.82, 2.24) is 5.32 Å². The molecule has 2 amide bonds. The predicted octanol–water partition coefficient (Wildman–Crippen LogP) is 4.19. The summed E-state index contributed by atoms with van der Waals surface area (Å²) < 4.78 is 25.2. The Bertz CT molecular complexity index is 800. The highest BCUT2D eigenvalue weighted by Gasteiger charge is 2.14. The van der Waals surface area contributed by atoms with Gasteiger partial charge in [0.05, 0.1) is 17.8 Å². The van der Waals surface area contributed by atoms with Gasteiger partial charge >= 0.3 is 0 Å². The van der Waals surface area contributed by atoms with E-state index in [1.807, 2.05) is 13.8 Å². The van der Waals surface area contributed by atoms with Crippen molar-refractivity contribution in [2.75, 3.05) is 17.2 Å². The molecule has 0 fully saturated rings. The van der Waals surface area contributed by atoms with E-state index < -0.39 is 11.7 Å². The minimum absolute atomic E-state index is 0.0160. The minimum Gasteiger partial charge on any atom is -0.376 e. The number of hydrogen-bond donors (Lipinski definition) is 3. The van der Waals surface area contributed by atoms with Gasteiger partial charge in [0.25, 0.3) is 11.7 Å². The Labute approximate surface area is 160 Å². The van der Waals surface area contributed by atoms with Gasteiger partial charge in [-0.1, -0.05) is 36.0 Å². The third-order valence-electron chi connectivity index (χ3n) is 3.41. The SMILES string of the molecule is CC(C)NC(=O)c1ccccc1NCC(=O)Nc1ccccc1SC(F)F. The summed E-state index contributed by atoms with van der Waals surface area (Å²) in [5, 5.41) is 8.33. The fraction of sp³-hybridized carbons (Fsp3) is 0.263. The Morgan fingerprint density at radius 1 is 1.00 bits per heavy atom. The van der Waals surface area contributed by atoms with E-state index in [0.717, 1.165) is 0 Å². The van der Waals surface area contributed by atoms with E-state index in [4.69, 9.17) is 0 Å². The number of thioether (sulfide) groups is 1. The maximum atomic E-state index is 12.6. The van der Waals surface area contributed by atoms with Crippen molar-refractivity contribution in [3.05, 3.63) is 54.1 Å². The minimum atomic E-state index is -2.58. The van der Waals surface area contributed by atoms with Gasteiger partial charge in [0.15, 0.2) is 0 Å². The van der Waals surface area contributed by atoms with Crippen LogP contribution in [-0.2, 0) is 4.79 Å². The highest BCUT2D eigenvalue weighted by Crippen LogP contribution is 2.31. The normalized spacial score (nSPS) is 10.7. The van der Waals surface area contributed by atoms with E-state index in [1.54, 1.807) is 42.5 Å². The van der Waals surface area contributed by atoms with Crippen LogP contribution in [0.25, 0.3) is 0 Å². The van der Waals surface area contributed by atoms with Gasteiger partial charge in [-0.25, -0.2) is 0 Å². The van der Waals surface area contributed by atoms with Crippen LogP contribution in [0.2, 0.25) is 0 Å². The van der Waals surface area contributed by atoms with E-state index in [2.05, 4.69) is 16.0 Å². The van der Waals surface area contributed by atoms with E-state index in [1.165, 1.54) is 6.07 Å². The summed E-state index contributed by atoms with van der Waals surface area (Å²) in [6.07, 6.45) is 0. The fourth-order valence-electron chi connectivity index (χ4n) is 2.31. The second-order valence-electron chi connectivity index (χ2n) is 5.95. The van der Waals surface area contributed by atoms with Crippen molar-refractivity contribution in [3.8, 4) is 0 Å². The number of benzene rings is 2. The lowest BCUT2D eigenvalue weighted by atomic mass is 10.1. The van der Waals surface area contributed by atoms with Crippen molar-refractivity contribution in [2.24, 2.45) is 0 Å². The first kappa shape index (κ1) is 20.7. The third kappa shape index (κ3) is 6.56. The van der Waals surface area contributed by atoms with E-state index in [-0.39, 0.29) is 23.4 Å². The number of amides is 2. The topological polar surface area (TPSA) is 70.2 Å². The van der Waals surface area contributed by atoms with Crippen molar-refractivity contribution >= 4 is 35.0 Å². The van der Waals surface area contributed by atoms with Gasteiger partial charge in [0.1, 0.15) is 0 Å². The lowest BCUT2D eigenvalue weighted by Crippen LogP contribution is -2.31. The van der Waals surface area contributed by atoms with Gasteiger partial charge in [-0.2, -0.15) is 8.78 Å². The van der Waals surface area contributed by atoms with Crippen molar-refractivity contribution in [2.45, 2.75) is 30.5 Å².